The number of fused-ring (bicyclic) bond motifs is 7. The molecule has 3 heterocycles. The van der Waals surface area contributed by atoms with Crippen molar-refractivity contribution in [2.45, 2.75) is 0 Å². The summed E-state index contributed by atoms with van der Waals surface area (Å²) in [7, 11) is 0. The first-order valence-electron chi connectivity index (χ1n) is 17.3. The van der Waals surface area contributed by atoms with Crippen LogP contribution in [0.25, 0.3) is 65.4 Å². The lowest BCUT2D eigenvalue weighted by Gasteiger charge is -2.41. The molecular weight excluding hydrogens is 657 g/mol. The molecule has 2 aromatic heterocycles. The molecule has 11 rings (SSSR count). The fourth-order valence-corrected chi connectivity index (χ4v) is 8.58. The van der Waals surface area contributed by atoms with Crippen LogP contribution < -0.4 is 9.80 Å². The van der Waals surface area contributed by atoms with Crippen molar-refractivity contribution in [3.63, 3.8) is 0 Å². The van der Waals surface area contributed by atoms with Gasteiger partial charge in [-0.05, 0) is 76.9 Å². The van der Waals surface area contributed by atoms with Gasteiger partial charge in [-0.2, -0.15) is 4.37 Å². The van der Waals surface area contributed by atoms with E-state index in [0.717, 1.165) is 72.2 Å². The van der Waals surface area contributed by atoms with E-state index in [4.69, 9.17) is 13.8 Å². The molecule has 0 saturated heterocycles. The fourth-order valence-electron chi connectivity index (χ4n) is 7.86. The summed E-state index contributed by atoms with van der Waals surface area (Å²) in [6.45, 7) is 0. The quantitative estimate of drug-likeness (QED) is 0.185. The molecule has 0 fully saturated rings. The van der Waals surface area contributed by atoms with Crippen LogP contribution in [0.15, 0.2) is 174 Å². The first-order valence-corrected chi connectivity index (χ1v) is 18.1. The van der Waals surface area contributed by atoms with Gasteiger partial charge in [0.1, 0.15) is 16.2 Å². The minimum Gasteiger partial charge on any atom is -0.456 e. The molecular formula is C46H28N4OS. The van der Waals surface area contributed by atoms with Gasteiger partial charge in [0.2, 0.25) is 0 Å². The number of aromatic nitrogens is 2. The zero-order valence-electron chi connectivity index (χ0n) is 27.8. The largest absolute Gasteiger partial charge is 0.456 e. The Balaban J connectivity index is 1.14. The second-order valence-electron chi connectivity index (χ2n) is 13.1. The topological polar surface area (TPSA) is 45.4 Å². The lowest BCUT2D eigenvalue weighted by atomic mass is 9.99. The maximum absolute atomic E-state index is 6.20. The molecule has 1 aliphatic heterocycles. The summed E-state index contributed by atoms with van der Waals surface area (Å²) < 4.78 is 11.2. The number of rotatable bonds is 4. The summed E-state index contributed by atoms with van der Waals surface area (Å²) in [5.74, 6) is 0.695. The van der Waals surface area contributed by atoms with Crippen LogP contribution in [0.5, 0.6) is 0 Å². The Morgan fingerprint density at radius 2 is 0.981 bits per heavy atom. The highest BCUT2D eigenvalue weighted by atomic mass is 32.1. The average Bonchev–Trinajstić information content (AvgIpc) is 3.85. The smallest absolute Gasteiger partial charge is 0.173 e. The van der Waals surface area contributed by atoms with Gasteiger partial charge >= 0.3 is 0 Å². The molecule has 10 aromatic rings. The first-order chi connectivity index (χ1) is 25.8. The molecule has 0 unspecified atom stereocenters. The van der Waals surface area contributed by atoms with Crippen molar-refractivity contribution >= 4 is 89.1 Å². The minimum absolute atomic E-state index is 0.695. The molecule has 5 nitrogen and oxygen atoms in total. The van der Waals surface area contributed by atoms with E-state index in [1.807, 2.05) is 30.3 Å². The second kappa shape index (κ2) is 11.4. The summed E-state index contributed by atoms with van der Waals surface area (Å²) in [6, 6.07) is 60.0. The molecule has 6 heteroatoms. The second-order valence-corrected chi connectivity index (χ2v) is 13.8. The molecule has 0 atom stereocenters. The van der Waals surface area contributed by atoms with Gasteiger partial charge in [-0.15, -0.1) is 0 Å². The molecule has 0 aliphatic carbocycles. The van der Waals surface area contributed by atoms with E-state index in [9.17, 15) is 0 Å². The van der Waals surface area contributed by atoms with Crippen molar-refractivity contribution in [1.82, 2.24) is 9.36 Å². The molecule has 0 bridgehead atoms. The number of para-hydroxylation sites is 3. The Hall–Kier alpha value is -6.76. The minimum atomic E-state index is 0.695. The standard InChI is InChI=1S/C46H28N4OS/c1-3-16-32-29(12-1)14-9-22-36(32)49-38-20-6-7-21-39(38)50(37-23-10-15-30-13-2-4-17-33(30)37)41-28-31(26-27-40(41)49)45-47-46(52-48-45)35-19-11-25-43-44(35)34-18-5-8-24-42(34)51-43/h1-28H. The molecule has 0 N–H and O–H groups in total. The fraction of sp³-hybridized carbons (Fsp3) is 0. The van der Waals surface area contributed by atoms with Crippen molar-refractivity contribution in [2.24, 2.45) is 0 Å². The van der Waals surface area contributed by atoms with Crippen LogP contribution in [-0.2, 0) is 0 Å². The first kappa shape index (κ1) is 29.0. The number of furan rings is 1. The van der Waals surface area contributed by atoms with E-state index < -0.39 is 0 Å². The van der Waals surface area contributed by atoms with Crippen molar-refractivity contribution in [3.05, 3.63) is 170 Å². The van der Waals surface area contributed by atoms with Crippen molar-refractivity contribution in [3.8, 4) is 22.0 Å². The predicted molar refractivity (Wildman–Crippen MR) is 216 cm³/mol. The van der Waals surface area contributed by atoms with Crippen LogP contribution in [0.2, 0.25) is 0 Å². The third-order valence-corrected chi connectivity index (χ3v) is 10.9. The Morgan fingerprint density at radius 3 is 1.71 bits per heavy atom. The number of hydrogen-bond acceptors (Lipinski definition) is 6. The molecule has 8 aromatic carbocycles. The summed E-state index contributed by atoms with van der Waals surface area (Å²) in [5.41, 5.74) is 10.3. The van der Waals surface area contributed by atoms with Crippen molar-refractivity contribution < 1.29 is 4.42 Å². The zero-order valence-corrected chi connectivity index (χ0v) is 28.6. The van der Waals surface area contributed by atoms with Crippen LogP contribution in [0.1, 0.15) is 0 Å². The number of anilines is 6. The number of nitrogens with zero attached hydrogens (tertiary/aromatic N) is 4. The van der Waals surface area contributed by atoms with E-state index >= 15 is 0 Å². The third-order valence-electron chi connectivity index (χ3n) is 10.2. The van der Waals surface area contributed by atoms with Gasteiger partial charge in [-0.1, -0.05) is 115 Å². The van der Waals surface area contributed by atoms with E-state index in [2.05, 4.69) is 149 Å². The molecule has 0 saturated carbocycles. The van der Waals surface area contributed by atoms with Crippen LogP contribution in [0.3, 0.4) is 0 Å². The van der Waals surface area contributed by atoms with Crippen molar-refractivity contribution in [2.75, 3.05) is 9.80 Å². The Labute approximate surface area is 303 Å². The lowest BCUT2D eigenvalue weighted by molar-refractivity contribution is 0.669. The van der Waals surface area contributed by atoms with Crippen LogP contribution in [0, 0.1) is 0 Å². The summed E-state index contributed by atoms with van der Waals surface area (Å²) >= 11 is 1.42. The third kappa shape index (κ3) is 4.35. The summed E-state index contributed by atoms with van der Waals surface area (Å²) in [6.07, 6.45) is 0. The van der Waals surface area contributed by atoms with Gasteiger partial charge in [0, 0.05) is 32.7 Å². The Kier molecular flexibility index (Phi) is 6.35. The molecule has 0 spiro atoms. The van der Waals surface area contributed by atoms with Gasteiger partial charge in [0.15, 0.2) is 5.82 Å². The maximum atomic E-state index is 6.20. The number of hydrogen-bond donors (Lipinski definition) is 0. The highest BCUT2D eigenvalue weighted by Gasteiger charge is 2.32. The van der Waals surface area contributed by atoms with Gasteiger partial charge in [0.25, 0.3) is 0 Å². The Bertz CT molecular complexity index is 3010. The summed E-state index contributed by atoms with van der Waals surface area (Å²) in [4.78, 5) is 9.99. The highest BCUT2D eigenvalue weighted by Crippen LogP contribution is 2.56. The van der Waals surface area contributed by atoms with E-state index in [1.165, 1.54) is 33.1 Å². The van der Waals surface area contributed by atoms with Crippen LogP contribution in [0.4, 0.5) is 34.1 Å². The monoisotopic (exact) mass is 684 g/mol. The van der Waals surface area contributed by atoms with E-state index in [1.54, 1.807) is 0 Å². The molecule has 0 amide bonds. The molecule has 1 aliphatic rings. The summed E-state index contributed by atoms with van der Waals surface area (Å²) in [5, 5.41) is 7.78. The van der Waals surface area contributed by atoms with Gasteiger partial charge in [0.05, 0.1) is 34.1 Å². The average molecular weight is 685 g/mol. The predicted octanol–water partition coefficient (Wildman–Crippen LogP) is 13.3. The SMILES string of the molecule is c1ccc2c(c1)N(c1cccc3ccccc13)c1ccc(-c3nsc(-c4cccc5oc6ccccc6c45)n3)cc1N2c1cccc2ccccc12. The highest BCUT2D eigenvalue weighted by molar-refractivity contribution is 7.09. The Morgan fingerprint density at radius 1 is 0.442 bits per heavy atom. The van der Waals surface area contributed by atoms with Crippen LogP contribution >= 0.6 is 11.5 Å². The molecule has 0 radical (unpaired) electrons. The molecule has 244 valence electrons. The van der Waals surface area contributed by atoms with E-state index in [-0.39, 0.29) is 0 Å². The van der Waals surface area contributed by atoms with Gasteiger partial charge in [-0.3, -0.25) is 0 Å². The van der Waals surface area contributed by atoms with E-state index in [0.29, 0.717) is 5.82 Å². The van der Waals surface area contributed by atoms with Crippen molar-refractivity contribution in [1.29, 1.82) is 0 Å². The maximum Gasteiger partial charge on any atom is 0.173 e. The van der Waals surface area contributed by atoms with Gasteiger partial charge < -0.3 is 14.2 Å². The van der Waals surface area contributed by atoms with Crippen LogP contribution in [-0.4, -0.2) is 9.36 Å². The normalized spacial score (nSPS) is 12.5. The number of benzene rings is 8. The lowest BCUT2D eigenvalue weighted by Crippen LogP contribution is -2.24. The zero-order chi connectivity index (χ0) is 34.2. The molecule has 52 heavy (non-hydrogen) atoms. The van der Waals surface area contributed by atoms with Gasteiger partial charge in [-0.25, -0.2) is 4.98 Å².